The summed E-state index contributed by atoms with van der Waals surface area (Å²) >= 11 is 0. The van der Waals surface area contributed by atoms with Crippen molar-refractivity contribution in [2.45, 2.75) is 20.8 Å². The number of aromatic carboxylic acids is 1. The Labute approximate surface area is 204 Å². The van der Waals surface area contributed by atoms with Crippen LogP contribution in [0.2, 0.25) is 0 Å². The Hall–Kier alpha value is -4.22. The number of benzene rings is 1. The number of carbonyl (C=O) groups is 1. The van der Waals surface area contributed by atoms with Gasteiger partial charge in [0.05, 0.1) is 34.0 Å². The molecule has 1 aromatic carbocycles. The summed E-state index contributed by atoms with van der Waals surface area (Å²) in [5, 5.41) is 9.70. The first-order valence-corrected chi connectivity index (χ1v) is 10.8. The number of carboxylic acids is 1. The van der Waals surface area contributed by atoms with E-state index in [1.165, 1.54) is 30.9 Å². The quantitative estimate of drug-likeness (QED) is 0.362. The lowest BCUT2D eigenvalue weighted by Crippen LogP contribution is -2.23. The molecule has 11 nitrogen and oxygen atoms in total. The zero-order chi connectivity index (χ0) is 26.1. The molecule has 1 N–H and O–H groups in total. The molecule has 3 heterocycles. The second-order valence-electron chi connectivity index (χ2n) is 8.06. The van der Waals surface area contributed by atoms with E-state index in [1.807, 2.05) is 0 Å². The summed E-state index contributed by atoms with van der Waals surface area (Å²) in [6.07, 6.45) is 2.53. The molecule has 4 aromatic rings. The van der Waals surface area contributed by atoms with E-state index in [4.69, 9.17) is 23.4 Å². The zero-order valence-electron chi connectivity index (χ0n) is 20.3. The van der Waals surface area contributed by atoms with Gasteiger partial charge in [0.1, 0.15) is 17.5 Å². The van der Waals surface area contributed by atoms with Crippen LogP contribution >= 0.6 is 0 Å². The summed E-state index contributed by atoms with van der Waals surface area (Å²) in [5.74, 6) is -0.806. The lowest BCUT2D eigenvalue weighted by molar-refractivity contribution is 0.0320. The minimum Gasteiger partial charge on any atom is -0.478 e. The van der Waals surface area contributed by atoms with Crippen molar-refractivity contribution in [1.29, 1.82) is 0 Å². The van der Waals surface area contributed by atoms with E-state index in [0.29, 0.717) is 11.1 Å². The number of methoxy groups -OCH3 is 2. The van der Waals surface area contributed by atoms with Gasteiger partial charge in [0.15, 0.2) is 25.1 Å². The fraction of sp³-hybridized carbons (Fsp3) is 0.280. The highest BCUT2D eigenvalue weighted by atomic mass is 16.7. The molecule has 0 amide bonds. The van der Waals surface area contributed by atoms with Gasteiger partial charge in [-0.2, -0.15) is 0 Å². The van der Waals surface area contributed by atoms with Crippen molar-refractivity contribution >= 4 is 22.6 Å². The molecule has 188 valence electrons. The van der Waals surface area contributed by atoms with Crippen LogP contribution in [-0.4, -0.2) is 48.3 Å². The van der Waals surface area contributed by atoms with Crippen molar-refractivity contribution < 1.29 is 33.3 Å². The molecule has 0 spiro atoms. The molecule has 0 aliphatic rings. The van der Waals surface area contributed by atoms with Gasteiger partial charge in [0.25, 0.3) is 5.56 Å². The summed E-state index contributed by atoms with van der Waals surface area (Å²) in [4.78, 5) is 43.7. The first kappa shape index (κ1) is 24.9. The van der Waals surface area contributed by atoms with E-state index in [9.17, 15) is 19.5 Å². The molecule has 0 radical (unpaired) electrons. The molecule has 3 aromatic heterocycles. The standard InChI is InChI=1S/C25H24N2O9/c1-12-6-17-22(20(13(12)2)25(30)31)23(28)15(9-34-17)21-14(3)26-19-7-16(35-10-32-4)18(36-11-33-5)8-27(19)24(21)29/h6-9H,10-11H2,1-5H3,(H,30,31). The Morgan fingerprint density at radius 1 is 1.06 bits per heavy atom. The van der Waals surface area contributed by atoms with Crippen LogP contribution in [0.5, 0.6) is 11.5 Å². The van der Waals surface area contributed by atoms with Crippen molar-refractivity contribution in [2.75, 3.05) is 27.8 Å². The number of ether oxygens (including phenoxy) is 4. The van der Waals surface area contributed by atoms with Crippen LogP contribution in [-0.2, 0) is 9.47 Å². The monoisotopic (exact) mass is 496 g/mol. The maximum absolute atomic E-state index is 13.6. The molecule has 0 saturated carbocycles. The van der Waals surface area contributed by atoms with Crippen molar-refractivity contribution in [3.05, 3.63) is 67.6 Å². The SMILES string of the molecule is COCOc1cc2nc(C)c(-c3coc4cc(C)c(C)c(C(=O)O)c4c3=O)c(=O)n2cc1OCOC. The molecule has 0 aliphatic heterocycles. The Morgan fingerprint density at radius 3 is 2.36 bits per heavy atom. The van der Waals surface area contributed by atoms with Crippen LogP contribution in [0, 0.1) is 20.8 Å². The van der Waals surface area contributed by atoms with E-state index < -0.39 is 17.0 Å². The third kappa shape index (κ3) is 4.18. The predicted molar refractivity (Wildman–Crippen MR) is 129 cm³/mol. The number of hydrogen-bond donors (Lipinski definition) is 1. The molecular weight excluding hydrogens is 472 g/mol. The number of aromatic nitrogens is 2. The number of fused-ring (bicyclic) bond motifs is 2. The average Bonchev–Trinajstić information content (AvgIpc) is 2.83. The smallest absolute Gasteiger partial charge is 0.336 e. The van der Waals surface area contributed by atoms with Gasteiger partial charge in [-0.05, 0) is 38.0 Å². The van der Waals surface area contributed by atoms with Crippen LogP contribution in [0.4, 0.5) is 0 Å². The summed E-state index contributed by atoms with van der Waals surface area (Å²) < 4.78 is 27.8. The van der Waals surface area contributed by atoms with E-state index in [2.05, 4.69) is 4.98 Å². The number of nitrogens with zero attached hydrogens (tertiary/aromatic N) is 2. The molecule has 11 heteroatoms. The maximum atomic E-state index is 13.6. The first-order valence-electron chi connectivity index (χ1n) is 10.8. The summed E-state index contributed by atoms with van der Waals surface area (Å²) in [5.41, 5.74) is 0.184. The van der Waals surface area contributed by atoms with E-state index in [0.717, 1.165) is 6.26 Å². The van der Waals surface area contributed by atoms with Gasteiger partial charge in [-0.1, -0.05) is 0 Å². The fourth-order valence-corrected chi connectivity index (χ4v) is 3.99. The number of rotatable bonds is 8. The van der Waals surface area contributed by atoms with E-state index >= 15 is 0 Å². The fourth-order valence-electron chi connectivity index (χ4n) is 3.99. The summed E-state index contributed by atoms with van der Waals surface area (Å²) in [6, 6.07) is 3.10. The van der Waals surface area contributed by atoms with Gasteiger partial charge < -0.3 is 28.5 Å². The van der Waals surface area contributed by atoms with E-state index in [1.54, 1.807) is 26.8 Å². The van der Waals surface area contributed by atoms with Crippen LogP contribution in [0.15, 0.2) is 38.6 Å². The second kappa shape index (κ2) is 9.80. The second-order valence-corrected chi connectivity index (χ2v) is 8.06. The molecule has 0 unspecified atom stereocenters. The largest absolute Gasteiger partial charge is 0.478 e. The number of hydrogen-bond acceptors (Lipinski definition) is 9. The topological polar surface area (TPSA) is 139 Å². The Balaban J connectivity index is 2.02. The van der Waals surface area contributed by atoms with Gasteiger partial charge in [0.2, 0.25) is 5.43 Å². The molecule has 0 bridgehead atoms. The van der Waals surface area contributed by atoms with Gasteiger partial charge in [-0.15, -0.1) is 0 Å². The minimum absolute atomic E-state index is 0.0269. The molecule has 0 atom stereocenters. The van der Waals surface area contributed by atoms with Gasteiger partial charge >= 0.3 is 5.97 Å². The van der Waals surface area contributed by atoms with Gasteiger partial charge in [0, 0.05) is 20.3 Å². The highest BCUT2D eigenvalue weighted by Crippen LogP contribution is 2.30. The van der Waals surface area contributed by atoms with Crippen molar-refractivity contribution in [3.63, 3.8) is 0 Å². The summed E-state index contributed by atoms with van der Waals surface area (Å²) in [7, 11) is 2.91. The average molecular weight is 496 g/mol. The molecule has 36 heavy (non-hydrogen) atoms. The Kier molecular flexibility index (Phi) is 6.77. The zero-order valence-corrected chi connectivity index (χ0v) is 20.3. The van der Waals surface area contributed by atoms with Gasteiger partial charge in [-0.3, -0.25) is 14.0 Å². The number of aryl methyl sites for hydroxylation is 2. The minimum atomic E-state index is -1.26. The molecule has 0 saturated heterocycles. The third-order valence-electron chi connectivity index (χ3n) is 5.81. The van der Waals surface area contributed by atoms with Crippen molar-refractivity contribution in [2.24, 2.45) is 0 Å². The van der Waals surface area contributed by atoms with Crippen molar-refractivity contribution in [3.8, 4) is 22.6 Å². The van der Waals surface area contributed by atoms with E-state index in [-0.39, 0.29) is 64.1 Å². The highest BCUT2D eigenvalue weighted by Gasteiger charge is 2.24. The number of carboxylic acid groups (broad SMARTS) is 1. The van der Waals surface area contributed by atoms with Crippen LogP contribution in [0.3, 0.4) is 0 Å². The lowest BCUT2D eigenvalue weighted by Gasteiger charge is -2.15. The van der Waals surface area contributed by atoms with Crippen LogP contribution < -0.4 is 20.5 Å². The molecule has 0 aliphatic carbocycles. The first-order chi connectivity index (χ1) is 17.2. The van der Waals surface area contributed by atoms with Crippen molar-refractivity contribution in [1.82, 2.24) is 9.38 Å². The Morgan fingerprint density at radius 2 is 1.72 bits per heavy atom. The predicted octanol–water partition coefficient (Wildman–Crippen LogP) is 3.06. The Bertz CT molecular complexity index is 1620. The molecule has 0 fully saturated rings. The van der Waals surface area contributed by atoms with Crippen LogP contribution in [0.1, 0.15) is 27.2 Å². The van der Waals surface area contributed by atoms with Crippen LogP contribution in [0.25, 0.3) is 27.7 Å². The number of pyridine rings is 1. The lowest BCUT2D eigenvalue weighted by atomic mass is 9.96. The highest BCUT2D eigenvalue weighted by molar-refractivity contribution is 6.04. The maximum Gasteiger partial charge on any atom is 0.336 e. The third-order valence-corrected chi connectivity index (χ3v) is 5.81. The normalized spacial score (nSPS) is 11.2. The molecule has 4 rings (SSSR count). The van der Waals surface area contributed by atoms with Gasteiger partial charge in [-0.25, -0.2) is 9.78 Å². The molecular formula is C25H24N2O9. The summed E-state index contributed by atoms with van der Waals surface area (Å²) in [6.45, 7) is 4.74.